The number of benzene rings is 9. The lowest BCUT2D eigenvalue weighted by Crippen LogP contribution is -2.01. The number of aromatic nitrogens is 3. The van der Waals surface area contributed by atoms with E-state index in [4.69, 9.17) is 19.4 Å². The molecular formula is C55H35N3O. The highest BCUT2D eigenvalue weighted by atomic mass is 16.3. The second-order valence-electron chi connectivity index (χ2n) is 14.8. The topological polar surface area (TPSA) is 51.8 Å². The molecule has 11 aromatic rings. The van der Waals surface area contributed by atoms with Crippen LogP contribution in [0.15, 0.2) is 217 Å². The van der Waals surface area contributed by atoms with E-state index in [0.29, 0.717) is 17.5 Å². The van der Waals surface area contributed by atoms with Crippen LogP contribution in [0.3, 0.4) is 0 Å². The summed E-state index contributed by atoms with van der Waals surface area (Å²) in [6.45, 7) is 0. The third-order valence-corrected chi connectivity index (χ3v) is 11.2. The lowest BCUT2D eigenvalue weighted by molar-refractivity contribution is 0.669. The van der Waals surface area contributed by atoms with E-state index in [1.54, 1.807) is 0 Å². The highest BCUT2D eigenvalue weighted by molar-refractivity contribution is 6.09. The zero-order chi connectivity index (χ0) is 39.1. The molecule has 0 unspecified atom stereocenters. The van der Waals surface area contributed by atoms with Crippen molar-refractivity contribution in [3.8, 4) is 78.7 Å². The van der Waals surface area contributed by atoms with Crippen LogP contribution >= 0.6 is 0 Å². The number of para-hydroxylation sites is 2. The first-order chi connectivity index (χ1) is 29.2. The van der Waals surface area contributed by atoms with Crippen molar-refractivity contribution in [2.24, 2.45) is 0 Å². The molecule has 4 nitrogen and oxygen atoms in total. The van der Waals surface area contributed by atoms with Crippen LogP contribution in [0, 0.1) is 0 Å². The van der Waals surface area contributed by atoms with Gasteiger partial charge in [0.05, 0.1) is 5.56 Å². The number of nitrogens with zero attached hydrogens (tertiary/aromatic N) is 3. The third-order valence-electron chi connectivity index (χ3n) is 11.2. The quantitative estimate of drug-likeness (QED) is 0.163. The molecule has 4 heteroatoms. The van der Waals surface area contributed by atoms with Gasteiger partial charge in [0.25, 0.3) is 0 Å². The molecule has 0 fully saturated rings. The summed E-state index contributed by atoms with van der Waals surface area (Å²) in [7, 11) is 0. The fourth-order valence-corrected chi connectivity index (χ4v) is 8.19. The Kier molecular flexibility index (Phi) is 8.45. The summed E-state index contributed by atoms with van der Waals surface area (Å²) in [5.41, 5.74) is 13.6. The number of fused-ring (bicyclic) bond motifs is 4. The van der Waals surface area contributed by atoms with Gasteiger partial charge in [0.2, 0.25) is 0 Å². The highest BCUT2D eigenvalue weighted by Gasteiger charge is 2.19. The highest BCUT2D eigenvalue weighted by Crippen LogP contribution is 2.39. The van der Waals surface area contributed by atoms with E-state index in [1.165, 1.54) is 22.3 Å². The lowest BCUT2D eigenvalue weighted by atomic mass is 9.93. The average molecular weight is 754 g/mol. The zero-order valence-corrected chi connectivity index (χ0v) is 32.0. The summed E-state index contributed by atoms with van der Waals surface area (Å²) in [4.78, 5) is 15.6. The second-order valence-corrected chi connectivity index (χ2v) is 14.8. The minimum Gasteiger partial charge on any atom is -0.455 e. The molecule has 0 aliphatic carbocycles. The summed E-state index contributed by atoms with van der Waals surface area (Å²) < 4.78 is 6.50. The predicted molar refractivity (Wildman–Crippen MR) is 243 cm³/mol. The molecular weight excluding hydrogens is 719 g/mol. The predicted octanol–water partition coefficient (Wildman–Crippen LogP) is 14.6. The van der Waals surface area contributed by atoms with Crippen LogP contribution in [0.25, 0.3) is 111 Å². The summed E-state index contributed by atoms with van der Waals surface area (Å²) in [5, 5.41) is 4.28. The Morgan fingerprint density at radius 3 is 1.24 bits per heavy atom. The lowest BCUT2D eigenvalue weighted by Gasteiger charge is -2.14. The van der Waals surface area contributed by atoms with Crippen molar-refractivity contribution in [2.45, 2.75) is 0 Å². The van der Waals surface area contributed by atoms with Crippen molar-refractivity contribution < 1.29 is 4.42 Å². The molecule has 0 atom stereocenters. The third kappa shape index (κ3) is 6.34. The SMILES string of the molecule is c1ccc(-c2ccc(-c3ccc(-c4nc(-c5ccc(-c6ccc(-c7ccccc7)cc6)c6ccccc56)nc(-c5cccc6c5oc5ccccc56)n4)cc3)cc2)cc1. The van der Waals surface area contributed by atoms with E-state index in [0.717, 1.165) is 71.7 Å². The summed E-state index contributed by atoms with van der Waals surface area (Å²) in [6.07, 6.45) is 0. The van der Waals surface area contributed by atoms with Gasteiger partial charge in [-0.25, -0.2) is 15.0 Å². The zero-order valence-electron chi connectivity index (χ0n) is 32.0. The Morgan fingerprint density at radius 2 is 0.644 bits per heavy atom. The van der Waals surface area contributed by atoms with Crippen LogP contribution in [0.5, 0.6) is 0 Å². The van der Waals surface area contributed by atoms with Gasteiger partial charge < -0.3 is 4.42 Å². The van der Waals surface area contributed by atoms with Gasteiger partial charge in [-0.05, 0) is 73.5 Å². The van der Waals surface area contributed by atoms with Crippen LogP contribution < -0.4 is 0 Å². The Morgan fingerprint density at radius 1 is 0.237 bits per heavy atom. The van der Waals surface area contributed by atoms with Gasteiger partial charge in [0.1, 0.15) is 11.2 Å². The summed E-state index contributed by atoms with van der Waals surface area (Å²) in [6, 6.07) is 74.1. The average Bonchev–Trinajstić information content (AvgIpc) is 3.71. The molecule has 0 aliphatic heterocycles. The number of rotatable bonds is 7. The molecule has 59 heavy (non-hydrogen) atoms. The van der Waals surface area contributed by atoms with Crippen LogP contribution in [-0.2, 0) is 0 Å². The van der Waals surface area contributed by atoms with Crippen molar-refractivity contribution in [1.29, 1.82) is 0 Å². The molecule has 0 saturated carbocycles. The monoisotopic (exact) mass is 753 g/mol. The molecule has 276 valence electrons. The van der Waals surface area contributed by atoms with E-state index >= 15 is 0 Å². The molecule has 2 aromatic heterocycles. The molecule has 0 saturated heterocycles. The Labute approximate surface area is 341 Å². The molecule has 0 aliphatic rings. The summed E-state index contributed by atoms with van der Waals surface area (Å²) >= 11 is 0. The van der Waals surface area contributed by atoms with Gasteiger partial charge in [-0.3, -0.25) is 0 Å². The van der Waals surface area contributed by atoms with Gasteiger partial charge in [0, 0.05) is 21.9 Å². The molecule has 0 amide bonds. The number of furan rings is 1. The van der Waals surface area contributed by atoms with Crippen LogP contribution in [0.4, 0.5) is 0 Å². The van der Waals surface area contributed by atoms with E-state index in [-0.39, 0.29) is 0 Å². The van der Waals surface area contributed by atoms with Gasteiger partial charge in [-0.2, -0.15) is 0 Å². The fourth-order valence-electron chi connectivity index (χ4n) is 8.19. The van der Waals surface area contributed by atoms with E-state index in [1.807, 2.05) is 42.5 Å². The standard InChI is InChI=1S/C55H35N3O/c1-3-12-36(13-4-1)38-22-24-40(25-23-38)41-28-32-43(33-29-41)53-56-54(58-55(57-53)50-20-11-19-48-47-18-9-10-21-51(47)59-52(48)50)49-35-34-44(45-16-7-8-17-46(45)49)42-30-26-39(27-31-42)37-14-5-2-6-15-37/h1-35H. The van der Waals surface area contributed by atoms with Gasteiger partial charge in [-0.1, -0.05) is 194 Å². The number of hydrogen-bond acceptors (Lipinski definition) is 4. The Hall–Kier alpha value is -7.95. The molecule has 9 aromatic carbocycles. The first-order valence-corrected chi connectivity index (χ1v) is 19.8. The van der Waals surface area contributed by atoms with Crippen LogP contribution in [-0.4, -0.2) is 15.0 Å². The van der Waals surface area contributed by atoms with E-state index in [9.17, 15) is 0 Å². The van der Waals surface area contributed by atoms with Crippen molar-refractivity contribution >= 4 is 32.7 Å². The van der Waals surface area contributed by atoms with Crippen molar-refractivity contribution in [3.63, 3.8) is 0 Å². The molecule has 0 bridgehead atoms. The normalized spacial score (nSPS) is 11.4. The minimum absolute atomic E-state index is 0.555. The first kappa shape index (κ1) is 34.3. The molecule has 0 N–H and O–H groups in total. The maximum Gasteiger partial charge on any atom is 0.167 e. The summed E-state index contributed by atoms with van der Waals surface area (Å²) in [5.74, 6) is 1.74. The Bertz CT molecular complexity index is 3280. The number of hydrogen-bond donors (Lipinski definition) is 0. The fraction of sp³-hybridized carbons (Fsp3) is 0. The first-order valence-electron chi connectivity index (χ1n) is 19.8. The maximum absolute atomic E-state index is 6.50. The van der Waals surface area contributed by atoms with Gasteiger partial charge in [-0.15, -0.1) is 0 Å². The van der Waals surface area contributed by atoms with Crippen molar-refractivity contribution in [3.05, 3.63) is 212 Å². The molecule has 0 spiro atoms. The minimum atomic E-state index is 0.555. The maximum atomic E-state index is 6.50. The van der Waals surface area contributed by atoms with Gasteiger partial charge >= 0.3 is 0 Å². The van der Waals surface area contributed by atoms with Crippen molar-refractivity contribution in [2.75, 3.05) is 0 Å². The molecule has 0 radical (unpaired) electrons. The largest absolute Gasteiger partial charge is 0.455 e. The smallest absolute Gasteiger partial charge is 0.167 e. The molecule has 11 rings (SSSR count). The van der Waals surface area contributed by atoms with Crippen LogP contribution in [0.1, 0.15) is 0 Å². The van der Waals surface area contributed by atoms with Gasteiger partial charge in [0.15, 0.2) is 17.5 Å². The van der Waals surface area contributed by atoms with E-state index in [2.05, 4.69) is 170 Å². The molecule has 2 heterocycles. The van der Waals surface area contributed by atoms with Crippen LogP contribution in [0.2, 0.25) is 0 Å². The Balaban J connectivity index is 1.03. The second kappa shape index (κ2) is 14.5. The van der Waals surface area contributed by atoms with Crippen molar-refractivity contribution in [1.82, 2.24) is 15.0 Å². The van der Waals surface area contributed by atoms with E-state index < -0.39 is 0 Å².